The molecule has 0 aromatic carbocycles. The van der Waals surface area contributed by atoms with Crippen LogP contribution in [0.3, 0.4) is 0 Å². The fourth-order valence-electron chi connectivity index (χ4n) is 1.01. The minimum atomic E-state index is 0.778. The van der Waals surface area contributed by atoms with Crippen LogP contribution in [0.5, 0.6) is 0 Å². The van der Waals surface area contributed by atoms with Crippen molar-refractivity contribution in [3.05, 3.63) is 18.5 Å². The van der Waals surface area contributed by atoms with Crippen molar-refractivity contribution in [1.82, 2.24) is 15.3 Å². The molecule has 0 radical (unpaired) electrons. The smallest absolute Gasteiger partial charge is 0.225 e. The lowest BCUT2D eigenvalue weighted by Crippen LogP contribution is -2.29. The molecule has 72 valence electrons. The quantitative estimate of drug-likeness (QED) is 0.671. The van der Waals surface area contributed by atoms with E-state index in [1.807, 2.05) is 18.0 Å². The molecular formula is C9H16N4. The standard InChI is InChI=1S/C9H16N4/c1-3-10-7-8-13(2)9-11-5-4-6-12-9/h4-6,10H,3,7-8H2,1-2H3. The van der Waals surface area contributed by atoms with Crippen LogP contribution in [0, 0.1) is 0 Å². The predicted octanol–water partition coefficient (Wildman–Crippen LogP) is 0.522. The first-order valence-corrected chi connectivity index (χ1v) is 4.53. The maximum absolute atomic E-state index is 4.14. The minimum Gasteiger partial charge on any atom is -0.343 e. The summed E-state index contributed by atoms with van der Waals surface area (Å²) in [6.07, 6.45) is 3.51. The Hall–Kier alpha value is -1.16. The second-order valence-electron chi connectivity index (χ2n) is 2.82. The lowest BCUT2D eigenvalue weighted by Gasteiger charge is -2.16. The largest absolute Gasteiger partial charge is 0.343 e. The Kier molecular flexibility index (Phi) is 4.18. The lowest BCUT2D eigenvalue weighted by atomic mass is 10.5. The van der Waals surface area contributed by atoms with Crippen molar-refractivity contribution in [1.29, 1.82) is 0 Å². The van der Waals surface area contributed by atoms with Gasteiger partial charge in [0.05, 0.1) is 0 Å². The second-order valence-corrected chi connectivity index (χ2v) is 2.82. The highest BCUT2D eigenvalue weighted by Gasteiger charge is 2.00. The van der Waals surface area contributed by atoms with E-state index >= 15 is 0 Å². The van der Waals surface area contributed by atoms with E-state index in [1.165, 1.54) is 0 Å². The van der Waals surface area contributed by atoms with Crippen LogP contribution in [-0.4, -0.2) is 36.6 Å². The zero-order chi connectivity index (χ0) is 9.52. The van der Waals surface area contributed by atoms with Crippen LogP contribution in [0.15, 0.2) is 18.5 Å². The monoisotopic (exact) mass is 180 g/mol. The summed E-state index contributed by atoms with van der Waals surface area (Å²) in [5, 5.41) is 3.25. The van der Waals surface area contributed by atoms with Gasteiger partial charge in [0.2, 0.25) is 5.95 Å². The van der Waals surface area contributed by atoms with Gasteiger partial charge < -0.3 is 10.2 Å². The van der Waals surface area contributed by atoms with Gasteiger partial charge in [0.25, 0.3) is 0 Å². The molecule has 1 heterocycles. The van der Waals surface area contributed by atoms with Gasteiger partial charge in [-0.05, 0) is 12.6 Å². The van der Waals surface area contributed by atoms with E-state index in [0.29, 0.717) is 0 Å². The number of likely N-dealkylation sites (N-methyl/N-ethyl adjacent to an activating group) is 2. The van der Waals surface area contributed by atoms with Gasteiger partial charge in [-0.25, -0.2) is 9.97 Å². The van der Waals surface area contributed by atoms with Crippen LogP contribution in [0.4, 0.5) is 5.95 Å². The first-order chi connectivity index (χ1) is 6.34. The zero-order valence-corrected chi connectivity index (χ0v) is 8.20. The molecule has 0 unspecified atom stereocenters. The summed E-state index contributed by atoms with van der Waals surface area (Å²) in [7, 11) is 1.99. The van der Waals surface area contributed by atoms with E-state index in [-0.39, 0.29) is 0 Å². The average Bonchev–Trinajstić information content (AvgIpc) is 2.19. The van der Waals surface area contributed by atoms with Crippen molar-refractivity contribution in [2.75, 3.05) is 31.6 Å². The van der Waals surface area contributed by atoms with Crippen LogP contribution in [0.25, 0.3) is 0 Å². The summed E-state index contributed by atoms with van der Waals surface area (Å²) in [4.78, 5) is 10.3. The van der Waals surface area contributed by atoms with Crippen LogP contribution in [0.1, 0.15) is 6.92 Å². The number of hydrogen-bond acceptors (Lipinski definition) is 4. The lowest BCUT2D eigenvalue weighted by molar-refractivity contribution is 0.698. The molecule has 1 aromatic rings. The van der Waals surface area contributed by atoms with E-state index in [2.05, 4.69) is 22.2 Å². The number of nitrogens with zero attached hydrogens (tertiary/aromatic N) is 3. The second kappa shape index (κ2) is 5.48. The topological polar surface area (TPSA) is 41.0 Å². The molecule has 1 aromatic heterocycles. The van der Waals surface area contributed by atoms with E-state index in [1.54, 1.807) is 12.4 Å². The number of aromatic nitrogens is 2. The molecule has 0 amide bonds. The summed E-state index contributed by atoms with van der Waals surface area (Å²) < 4.78 is 0. The van der Waals surface area contributed by atoms with Crippen molar-refractivity contribution in [3.63, 3.8) is 0 Å². The molecule has 0 spiro atoms. The van der Waals surface area contributed by atoms with Gasteiger partial charge in [-0.1, -0.05) is 6.92 Å². The van der Waals surface area contributed by atoms with Gasteiger partial charge in [-0.15, -0.1) is 0 Å². The molecule has 1 N–H and O–H groups in total. The Balaban J connectivity index is 2.35. The summed E-state index contributed by atoms with van der Waals surface area (Å²) in [5.74, 6) is 0.778. The molecule has 1 rings (SSSR count). The van der Waals surface area contributed by atoms with E-state index < -0.39 is 0 Å². The van der Waals surface area contributed by atoms with E-state index in [4.69, 9.17) is 0 Å². The molecule has 0 fully saturated rings. The third-order valence-electron chi connectivity index (χ3n) is 1.77. The van der Waals surface area contributed by atoms with Crippen molar-refractivity contribution in [3.8, 4) is 0 Å². The van der Waals surface area contributed by atoms with Crippen LogP contribution >= 0.6 is 0 Å². The molecular weight excluding hydrogens is 164 g/mol. The van der Waals surface area contributed by atoms with Crippen molar-refractivity contribution in [2.24, 2.45) is 0 Å². The molecule has 0 aliphatic rings. The zero-order valence-electron chi connectivity index (χ0n) is 8.20. The summed E-state index contributed by atoms with van der Waals surface area (Å²) in [6.45, 7) is 4.99. The Morgan fingerprint density at radius 2 is 2.08 bits per heavy atom. The Morgan fingerprint density at radius 3 is 2.69 bits per heavy atom. The first kappa shape index (κ1) is 9.92. The van der Waals surface area contributed by atoms with Gasteiger partial charge in [0, 0.05) is 32.5 Å². The highest BCUT2D eigenvalue weighted by atomic mass is 15.2. The third kappa shape index (κ3) is 3.38. The Morgan fingerprint density at radius 1 is 1.38 bits per heavy atom. The van der Waals surface area contributed by atoms with Crippen molar-refractivity contribution in [2.45, 2.75) is 6.92 Å². The number of anilines is 1. The van der Waals surface area contributed by atoms with E-state index in [0.717, 1.165) is 25.6 Å². The maximum Gasteiger partial charge on any atom is 0.225 e. The fraction of sp³-hybridized carbons (Fsp3) is 0.556. The van der Waals surface area contributed by atoms with Crippen molar-refractivity contribution < 1.29 is 0 Å². The van der Waals surface area contributed by atoms with Gasteiger partial charge in [0.1, 0.15) is 0 Å². The highest BCUT2D eigenvalue weighted by Crippen LogP contribution is 1.99. The third-order valence-corrected chi connectivity index (χ3v) is 1.77. The summed E-state index contributed by atoms with van der Waals surface area (Å²) >= 11 is 0. The van der Waals surface area contributed by atoms with Crippen LogP contribution < -0.4 is 10.2 Å². The molecule has 13 heavy (non-hydrogen) atoms. The molecule has 0 bridgehead atoms. The summed E-state index contributed by atoms with van der Waals surface area (Å²) in [6, 6.07) is 1.82. The van der Waals surface area contributed by atoms with E-state index in [9.17, 15) is 0 Å². The maximum atomic E-state index is 4.14. The SMILES string of the molecule is CCNCCN(C)c1ncccn1. The predicted molar refractivity (Wildman–Crippen MR) is 53.8 cm³/mol. The van der Waals surface area contributed by atoms with Gasteiger partial charge in [-0.2, -0.15) is 0 Å². The van der Waals surface area contributed by atoms with Gasteiger partial charge >= 0.3 is 0 Å². The van der Waals surface area contributed by atoms with Gasteiger partial charge in [0.15, 0.2) is 0 Å². The molecule has 4 nitrogen and oxygen atoms in total. The van der Waals surface area contributed by atoms with Crippen molar-refractivity contribution >= 4 is 5.95 Å². The average molecular weight is 180 g/mol. The Labute approximate surface area is 79.0 Å². The molecule has 0 aliphatic heterocycles. The number of nitrogens with one attached hydrogen (secondary N) is 1. The normalized spacial score (nSPS) is 10.0. The number of hydrogen-bond donors (Lipinski definition) is 1. The van der Waals surface area contributed by atoms with Crippen LogP contribution in [-0.2, 0) is 0 Å². The molecule has 0 aliphatic carbocycles. The fourth-order valence-corrected chi connectivity index (χ4v) is 1.01. The molecule has 0 atom stereocenters. The summed E-state index contributed by atoms with van der Waals surface area (Å²) in [5.41, 5.74) is 0. The molecule has 0 saturated carbocycles. The highest BCUT2D eigenvalue weighted by molar-refractivity contribution is 5.26. The molecule has 4 heteroatoms. The number of rotatable bonds is 5. The van der Waals surface area contributed by atoms with Gasteiger partial charge in [-0.3, -0.25) is 0 Å². The van der Waals surface area contributed by atoms with Crippen LogP contribution in [0.2, 0.25) is 0 Å². The first-order valence-electron chi connectivity index (χ1n) is 4.53. The Bertz CT molecular complexity index is 224. The minimum absolute atomic E-state index is 0.778. The molecule has 0 saturated heterocycles.